The topological polar surface area (TPSA) is 13.1 Å². The van der Waals surface area contributed by atoms with Gasteiger partial charge in [-0.25, -0.2) is 0 Å². The standard InChI is InChI=1S/C38H28O/c1-38(2,3)26-17-11-23(12-18-26)27-19-13-24-16-22-31-28(20-14-25-15-21-30(27)35(24)36(25)31)32-8-6-9-33-29-7-4-5-10-34(29)39-37(32)33/h4-22H,1-3H3. The van der Waals surface area contributed by atoms with E-state index in [4.69, 9.17) is 4.42 Å². The molecule has 0 radical (unpaired) electrons. The third-order valence-corrected chi connectivity index (χ3v) is 8.42. The first kappa shape index (κ1) is 22.4. The second kappa shape index (κ2) is 7.94. The molecule has 0 N–H and O–H groups in total. The van der Waals surface area contributed by atoms with Gasteiger partial charge in [-0.2, -0.15) is 0 Å². The normalized spacial score (nSPS) is 12.5. The Balaban J connectivity index is 1.40. The first-order chi connectivity index (χ1) is 19.0. The van der Waals surface area contributed by atoms with Gasteiger partial charge in [0, 0.05) is 16.3 Å². The van der Waals surface area contributed by atoms with Crippen molar-refractivity contribution in [1.29, 1.82) is 0 Å². The van der Waals surface area contributed by atoms with Crippen molar-refractivity contribution in [1.82, 2.24) is 0 Å². The molecule has 8 aromatic rings. The van der Waals surface area contributed by atoms with E-state index in [1.165, 1.54) is 54.6 Å². The van der Waals surface area contributed by atoms with Crippen LogP contribution in [0, 0.1) is 0 Å². The first-order valence-electron chi connectivity index (χ1n) is 13.7. The Hall–Kier alpha value is -4.62. The molecule has 1 aromatic heterocycles. The molecule has 0 aliphatic heterocycles. The number of furan rings is 1. The van der Waals surface area contributed by atoms with E-state index in [1.807, 2.05) is 6.07 Å². The van der Waals surface area contributed by atoms with Gasteiger partial charge in [-0.1, -0.05) is 130 Å². The second-order valence-electron chi connectivity index (χ2n) is 11.8. The summed E-state index contributed by atoms with van der Waals surface area (Å²) in [6.07, 6.45) is 0. The van der Waals surface area contributed by atoms with Gasteiger partial charge in [-0.15, -0.1) is 0 Å². The Morgan fingerprint density at radius 2 is 1.08 bits per heavy atom. The lowest BCUT2D eigenvalue weighted by Gasteiger charge is -2.20. The van der Waals surface area contributed by atoms with E-state index in [-0.39, 0.29) is 5.41 Å². The number of rotatable bonds is 2. The molecule has 0 unspecified atom stereocenters. The van der Waals surface area contributed by atoms with Gasteiger partial charge in [0.05, 0.1) is 0 Å². The molecule has 0 aliphatic rings. The molecule has 0 atom stereocenters. The van der Waals surface area contributed by atoms with Crippen LogP contribution in [0.2, 0.25) is 0 Å². The minimum absolute atomic E-state index is 0.139. The summed E-state index contributed by atoms with van der Waals surface area (Å²) in [5.74, 6) is 0. The highest BCUT2D eigenvalue weighted by atomic mass is 16.3. The van der Waals surface area contributed by atoms with Gasteiger partial charge < -0.3 is 4.42 Å². The Morgan fingerprint density at radius 3 is 1.79 bits per heavy atom. The highest BCUT2D eigenvalue weighted by Crippen LogP contribution is 2.44. The molecule has 0 amide bonds. The van der Waals surface area contributed by atoms with E-state index in [1.54, 1.807) is 0 Å². The zero-order valence-corrected chi connectivity index (χ0v) is 22.4. The molecule has 186 valence electrons. The highest BCUT2D eigenvalue weighted by molar-refractivity contribution is 6.28. The third-order valence-electron chi connectivity index (χ3n) is 8.42. The predicted molar refractivity (Wildman–Crippen MR) is 167 cm³/mol. The summed E-state index contributed by atoms with van der Waals surface area (Å²) in [5, 5.41) is 10.1. The van der Waals surface area contributed by atoms with Crippen LogP contribution in [0.1, 0.15) is 26.3 Å². The summed E-state index contributed by atoms with van der Waals surface area (Å²) in [7, 11) is 0. The Morgan fingerprint density at radius 1 is 0.462 bits per heavy atom. The number of fused-ring (bicyclic) bond motifs is 3. The molecule has 0 aliphatic carbocycles. The maximum atomic E-state index is 6.44. The van der Waals surface area contributed by atoms with Crippen LogP contribution in [-0.2, 0) is 5.41 Å². The fourth-order valence-corrected chi connectivity index (χ4v) is 6.40. The Kier molecular flexibility index (Phi) is 4.56. The molecule has 1 heterocycles. The molecule has 1 nitrogen and oxygen atoms in total. The molecular formula is C38H28O. The van der Waals surface area contributed by atoms with E-state index >= 15 is 0 Å². The molecule has 0 spiro atoms. The summed E-state index contributed by atoms with van der Waals surface area (Å²) in [4.78, 5) is 0. The second-order valence-corrected chi connectivity index (χ2v) is 11.8. The fraction of sp³-hybridized carbons (Fsp3) is 0.105. The Bertz CT molecular complexity index is 2190. The van der Waals surface area contributed by atoms with Gasteiger partial charge in [0.2, 0.25) is 0 Å². The molecule has 0 saturated carbocycles. The number of benzene rings is 7. The Labute approximate surface area is 227 Å². The molecule has 8 rings (SSSR count). The largest absolute Gasteiger partial charge is 0.455 e. The molecule has 0 saturated heterocycles. The third kappa shape index (κ3) is 3.26. The van der Waals surface area contributed by atoms with E-state index < -0.39 is 0 Å². The number of hydrogen-bond acceptors (Lipinski definition) is 1. The zero-order valence-electron chi connectivity index (χ0n) is 22.4. The summed E-state index contributed by atoms with van der Waals surface area (Å²) in [5.41, 5.74) is 8.26. The molecule has 1 heteroatoms. The maximum Gasteiger partial charge on any atom is 0.143 e. The van der Waals surface area contributed by atoms with Crippen molar-refractivity contribution in [3.05, 3.63) is 121 Å². The van der Waals surface area contributed by atoms with Crippen molar-refractivity contribution >= 4 is 54.3 Å². The van der Waals surface area contributed by atoms with Crippen LogP contribution in [0.25, 0.3) is 76.5 Å². The summed E-state index contributed by atoms with van der Waals surface area (Å²) in [6.45, 7) is 6.80. The summed E-state index contributed by atoms with van der Waals surface area (Å²) >= 11 is 0. The van der Waals surface area contributed by atoms with E-state index in [0.29, 0.717) is 0 Å². The zero-order chi connectivity index (χ0) is 26.3. The lowest BCUT2D eigenvalue weighted by Crippen LogP contribution is -2.10. The minimum Gasteiger partial charge on any atom is -0.455 e. The van der Waals surface area contributed by atoms with Crippen LogP contribution in [0.15, 0.2) is 120 Å². The highest BCUT2D eigenvalue weighted by Gasteiger charge is 2.18. The van der Waals surface area contributed by atoms with Crippen LogP contribution >= 0.6 is 0 Å². The molecule has 0 fully saturated rings. The quantitative estimate of drug-likeness (QED) is 0.215. The van der Waals surface area contributed by atoms with Crippen molar-refractivity contribution in [3.63, 3.8) is 0 Å². The van der Waals surface area contributed by atoms with Crippen LogP contribution in [0.3, 0.4) is 0 Å². The van der Waals surface area contributed by atoms with Gasteiger partial charge >= 0.3 is 0 Å². The number of hydrogen-bond donors (Lipinski definition) is 0. The van der Waals surface area contributed by atoms with Gasteiger partial charge in [0.25, 0.3) is 0 Å². The molecule has 39 heavy (non-hydrogen) atoms. The monoisotopic (exact) mass is 500 g/mol. The SMILES string of the molecule is CC(C)(C)c1ccc(-c2ccc3ccc4c(-c5cccc6c5oc5ccccc56)ccc5ccc2c3c54)cc1. The van der Waals surface area contributed by atoms with Gasteiger partial charge in [0.1, 0.15) is 11.2 Å². The van der Waals surface area contributed by atoms with Crippen LogP contribution in [0.5, 0.6) is 0 Å². The number of para-hydroxylation sites is 2. The average molecular weight is 501 g/mol. The van der Waals surface area contributed by atoms with Crippen molar-refractivity contribution in [2.24, 2.45) is 0 Å². The lowest BCUT2D eigenvalue weighted by molar-refractivity contribution is 0.590. The lowest BCUT2D eigenvalue weighted by atomic mass is 9.85. The van der Waals surface area contributed by atoms with Crippen molar-refractivity contribution in [3.8, 4) is 22.3 Å². The van der Waals surface area contributed by atoms with Crippen LogP contribution in [-0.4, -0.2) is 0 Å². The van der Waals surface area contributed by atoms with Crippen molar-refractivity contribution in [2.75, 3.05) is 0 Å². The van der Waals surface area contributed by atoms with Crippen LogP contribution < -0.4 is 0 Å². The molecular weight excluding hydrogens is 472 g/mol. The maximum absolute atomic E-state index is 6.44. The smallest absolute Gasteiger partial charge is 0.143 e. The molecule has 7 aromatic carbocycles. The average Bonchev–Trinajstić information content (AvgIpc) is 3.34. The van der Waals surface area contributed by atoms with Gasteiger partial charge in [-0.05, 0) is 66.1 Å². The first-order valence-corrected chi connectivity index (χ1v) is 13.7. The van der Waals surface area contributed by atoms with Gasteiger partial charge in [-0.3, -0.25) is 0 Å². The predicted octanol–water partition coefficient (Wildman–Crippen LogP) is 11.1. The fourth-order valence-electron chi connectivity index (χ4n) is 6.40. The van der Waals surface area contributed by atoms with Crippen LogP contribution in [0.4, 0.5) is 0 Å². The van der Waals surface area contributed by atoms with Gasteiger partial charge in [0.15, 0.2) is 0 Å². The van der Waals surface area contributed by atoms with E-state index in [9.17, 15) is 0 Å². The van der Waals surface area contributed by atoms with E-state index in [2.05, 4.69) is 130 Å². The minimum atomic E-state index is 0.139. The summed E-state index contributed by atoms with van der Waals surface area (Å²) in [6, 6.07) is 42.2. The van der Waals surface area contributed by atoms with Crippen molar-refractivity contribution in [2.45, 2.75) is 26.2 Å². The van der Waals surface area contributed by atoms with Crippen molar-refractivity contribution < 1.29 is 4.42 Å². The van der Waals surface area contributed by atoms with E-state index in [0.717, 1.165) is 27.5 Å². The summed E-state index contributed by atoms with van der Waals surface area (Å²) < 4.78 is 6.44. The molecule has 0 bridgehead atoms.